The van der Waals surface area contributed by atoms with E-state index in [0.29, 0.717) is 13.2 Å². The Morgan fingerprint density at radius 2 is 2.00 bits per heavy atom. The number of rotatable bonds is 3. The Bertz CT molecular complexity index is 297. The first-order chi connectivity index (χ1) is 8.45. The van der Waals surface area contributed by atoms with E-state index in [1.165, 1.54) is 0 Å². The van der Waals surface area contributed by atoms with Crippen LogP contribution < -0.4 is 0 Å². The van der Waals surface area contributed by atoms with E-state index in [4.69, 9.17) is 9.47 Å². The van der Waals surface area contributed by atoms with Crippen molar-refractivity contribution in [1.82, 2.24) is 4.90 Å². The van der Waals surface area contributed by atoms with E-state index < -0.39 is 0 Å². The van der Waals surface area contributed by atoms with E-state index in [2.05, 4.69) is 25.7 Å². The van der Waals surface area contributed by atoms with E-state index in [0.717, 1.165) is 38.8 Å². The molecule has 2 heterocycles. The van der Waals surface area contributed by atoms with E-state index in [9.17, 15) is 4.79 Å². The summed E-state index contributed by atoms with van der Waals surface area (Å²) in [5.41, 5.74) is -0.321. The Kier molecular flexibility index (Phi) is 4.09. The van der Waals surface area contributed by atoms with Crippen LogP contribution >= 0.6 is 0 Å². The maximum Gasteiger partial charge on any atom is 0.127 e. The second-order valence-corrected chi connectivity index (χ2v) is 6.45. The van der Waals surface area contributed by atoms with Crippen LogP contribution in [0.4, 0.5) is 0 Å². The molecular formula is C14H25NO3. The number of ether oxygens (including phenoxy) is 2. The fraction of sp³-hybridized carbons (Fsp3) is 0.929. The SMILES string of the molecule is CC1CN(CC2(C=O)CCOCC2)CC(C)(C)O1. The molecule has 104 valence electrons. The summed E-state index contributed by atoms with van der Waals surface area (Å²) in [5, 5.41) is 0. The molecule has 18 heavy (non-hydrogen) atoms. The van der Waals surface area contributed by atoms with Crippen LogP contribution in [0.1, 0.15) is 33.6 Å². The molecule has 0 aromatic rings. The van der Waals surface area contributed by atoms with Gasteiger partial charge >= 0.3 is 0 Å². The number of aldehydes is 1. The van der Waals surface area contributed by atoms with Gasteiger partial charge in [0.05, 0.1) is 11.7 Å². The molecular weight excluding hydrogens is 230 g/mol. The molecule has 4 nitrogen and oxygen atoms in total. The highest BCUT2D eigenvalue weighted by Gasteiger charge is 2.38. The number of carbonyl (C=O) groups excluding carboxylic acids is 1. The zero-order valence-corrected chi connectivity index (χ0v) is 11.8. The maximum atomic E-state index is 11.5. The average molecular weight is 255 g/mol. The summed E-state index contributed by atoms with van der Waals surface area (Å²) in [6.07, 6.45) is 3.09. The first-order valence-electron chi connectivity index (χ1n) is 6.89. The molecule has 0 N–H and O–H groups in total. The van der Waals surface area contributed by atoms with Gasteiger partial charge in [0, 0.05) is 38.3 Å². The molecule has 0 aliphatic carbocycles. The van der Waals surface area contributed by atoms with Crippen LogP contribution in [0, 0.1) is 5.41 Å². The predicted octanol–water partition coefficient (Wildman–Crippen LogP) is 1.48. The normalized spacial score (nSPS) is 32.1. The lowest BCUT2D eigenvalue weighted by molar-refractivity contribution is -0.145. The second-order valence-electron chi connectivity index (χ2n) is 6.45. The van der Waals surface area contributed by atoms with Crippen molar-refractivity contribution in [1.29, 1.82) is 0 Å². The van der Waals surface area contributed by atoms with Crippen molar-refractivity contribution in [3.8, 4) is 0 Å². The van der Waals surface area contributed by atoms with Gasteiger partial charge < -0.3 is 14.3 Å². The van der Waals surface area contributed by atoms with Crippen LogP contribution in [0.25, 0.3) is 0 Å². The van der Waals surface area contributed by atoms with E-state index in [1.54, 1.807) is 0 Å². The molecule has 2 aliphatic rings. The van der Waals surface area contributed by atoms with Gasteiger partial charge in [-0.3, -0.25) is 4.90 Å². The van der Waals surface area contributed by atoms with Crippen molar-refractivity contribution in [2.24, 2.45) is 5.41 Å². The lowest BCUT2D eigenvalue weighted by Crippen LogP contribution is -2.55. The minimum Gasteiger partial charge on any atom is -0.381 e. The van der Waals surface area contributed by atoms with Crippen molar-refractivity contribution in [2.75, 3.05) is 32.8 Å². The quantitative estimate of drug-likeness (QED) is 0.716. The molecule has 0 spiro atoms. The fourth-order valence-corrected chi connectivity index (χ4v) is 3.24. The summed E-state index contributed by atoms with van der Waals surface area (Å²) in [7, 11) is 0. The molecule has 0 amide bonds. The van der Waals surface area contributed by atoms with Gasteiger partial charge in [-0.1, -0.05) is 0 Å². The summed E-state index contributed by atoms with van der Waals surface area (Å²) in [5.74, 6) is 0. The lowest BCUT2D eigenvalue weighted by Gasteiger charge is -2.45. The summed E-state index contributed by atoms with van der Waals surface area (Å²) in [6, 6.07) is 0. The van der Waals surface area contributed by atoms with Gasteiger partial charge in [0.15, 0.2) is 0 Å². The Morgan fingerprint density at radius 1 is 1.33 bits per heavy atom. The Morgan fingerprint density at radius 3 is 2.56 bits per heavy atom. The highest BCUT2D eigenvalue weighted by molar-refractivity contribution is 5.60. The molecule has 2 fully saturated rings. The molecule has 1 atom stereocenters. The van der Waals surface area contributed by atoms with Gasteiger partial charge in [0.25, 0.3) is 0 Å². The standard InChI is InChI=1S/C14H25NO3/c1-12-8-15(9-13(2,3)18-12)10-14(11-16)4-6-17-7-5-14/h11-12H,4-10H2,1-3H3. The Hall–Kier alpha value is -0.450. The van der Waals surface area contributed by atoms with Crippen LogP contribution in [0.2, 0.25) is 0 Å². The maximum absolute atomic E-state index is 11.5. The number of hydrogen-bond acceptors (Lipinski definition) is 4. The predicted molar refractivity (Wildman–Crippen MR) is 69.6 cm³/mol. The summed E-state index contributed by atoms with van der Waals surface area (Å²) in [4.78, 5) is 13.9. The zero-order chi connectivity index (χ0) is 13.2. The Labute approximate surface area is 110 Å². The van der Waals surface area contributed by atoms with Crippen molar-refractivity contribution in [3.05, 3.63) is 0 Å². The van der Waals surface area contributed by atoms with Crippen molar-refractivity contribution in [2.45, 2.75) is 45.3 Å². The highest BCUT2D eigenvalue weighted by atomic mass is 16.5. The largest absolute Gasteiger partial charge is 0.381 e. The summed E-state index contributed by atoms with van der Waals surface area (Å²) < 4.78 is 11.3. The molecule has 2 saturated heterocycles. The van der Waals surface area contributed by atoms with E-state index in [1.807, 2.05) is 0 Å². The highest BCUT2D eigenvalue weighted by Crippen LogP contribution is 2.31. The van der Waals surface area contributed by atoms with Gasteiger partial charge in [-0.25, -0.2) is 0 Å². The lowest BCUT2D eigenvalue weighted by atomic mass is 9.81. The molecule has 2 aliphatic heterocycles. The molecule has 2 rings (SSSR count). The average Bonchev–Trinajstić information content (AvgIpc) is 2.27. The molecule has 0 aromatic heterocycles. The van der Waals surface area contributed by atoms with E-state index >= 15 is 0 Å². The van der Waals surface area contributed by atoms with Crippen molar-refractivity contribution < 1.29 is 14.3 Å². The van der Waals surface area contributed by atoms with Crippen LogP contribution in [0.5, 0.6) is 0 Å². The van der Waals surface area contributed by atoms with Gasteiger partial charge in [0.2, 0.25) is 0 Å². The van der Waals surface area contributed by atoms with Gasteiger partial charge in [-0.15, -0.1) is 0 Å². The third kappa shape index (κ3) is 3.31. The molecule has 0 radical (unpaired) electrons. The van der Waals surface area contributed by atoms with Gasteiger partial charge in [-0.05, 0) is 33.6 Å². The van der Waals surface area contributed by atoms with Gasteiger partial charge in [0.1, 0.15) is 6.29 Å². The van der Waals surface area contributed by atoms with Crippen LogP contribution in [0.3, 0.4) is 0 Å². The third-order valence-corrected chi connectivity index (χ3v) is 3.92. The van der Waals surface area contributed by atoms with Crippen LogP contribution in [-0.4, -0.2) is 55.7 Å². The molecule has 4 heteroatoms. The summed E-state index contributed by atoms with van der Waals surface area (Å²) >= 11 is 0. The fourth-order valence-electron chi connectivity index (χ4n) is 3.24. The number of hydrogen-bond donors (Lipinski definition) is 0. The topological polar surface area (TPSA) is 38.8 Å². The minimum atomic E-state index is -0.203. The first-order valence-corrected chi connectivity index (χ1v) is 6.89. The smallest absolute Gasteiger partial charge is 0.127 e. The second kappa shape index (κ2) is 5.27. The molecule has 0 bridgehead atoms. The van der Waals surface area contributed by atoms with Crippen LogP contribution in [-0.2, 0) is 14.3 Å². The van der Waals surface area contributed by atoms with Crippen molar-refractivity contribution in [3.63, 3.8) is 0 Å². The first kappa shape index (κ1) is 14.0. The van der Waals surface area contributed by atoms with E-state index in [-0.39, 0.29) is 17.1 Å². The van der Waals surface area contributed by atoms with Gasteiger partial charge in [-0.2, -0.15) is 0 Å². The zero-order valence-electron chi connectivity index (χ0n) is 11.8. The minimum absolute atomic E-state index is 0.118. The number of carbonyl (C=O) groups is 1. The van der Waals surface area contributed by atoms with Crippen LogP contribution in [0.15, 0.2) is 0 Å². The Balaban J connectivity index is 2.00. The molecule has 0 aromatic carbocycles. The monoisotopic (exact) mass is 255 g/mol. The molecule has 0 saturated carbocycles. The summed E-state index contributed by atoms with van der Waals surface area (Å²) in [6.45, 7) is 10.4. The number of nitrogens with zero attached hydrogens (tertiary/aromatic N) is 1. The molecule has 1 unspecified atom stereocenters. The van der Waals surface area contributed by atoms with Crippen molar-refractivity contribution >= 4 is 6.29 Å². The third-order valence-electron chi connectivity index (χ3n) is 3.92. The number of morpholine rings is 1.